The van der Waals surface area contributed by atoms with Crippen molar-refractivity contribution in [2.45, 2.75) is 25.2 Å². The van der Waals surface area contributed by atoms with Gasteiger partial charge in [0, 0.05) is 24.6 Å². The fraction of sp³-hybridized carbons (Fsp3) is 0.278. The van der Waals surface area contributed by atoms with E-state index in [4.69, 9.17) is 4.99 Å². The van der Waals surface area contributed by atoms with E-state index in [1.807, 2.05) is 0 Å². The van der Waals surface area contributed by atoms with Crippen molar-refractivity contribution in [2.75, 3.05) is 6.54 Å². The Morgan fingerprint density at radius 3 is 2.32 bits per heavy atom. The van der Waals surface area contributed by atoms with E-state index in [9.17, 15) is 0 Å². The molecular weight excluding hydrogens is 230 g/mol. The summed E-state index contributed by atoms with van der Waals surface area (Å²) in [5.41, 5.74) is 4.13. The molecule has 19 heavy (non-hydrogen) atoms. The van der Waals surface area contributed by atoms with Crippen molar-refractivity contribution >= 4 is 5.71 Å². The van der Waals surface area contributed by atoms with Crippen molar-refractivity contribution in [1.82, 2.24) is 0 Å². The quantitative estimate of drug-likeness (QED) is 0.771. The van der Waals surface area contributed by atoms with Crippen molar-refractivity contribution in [2.24, 2.45) is 4.99 Å². The number of aliphatic imine (C=N–C) groups is 1. The lowest BCUT2D eigenvalue weighted by Gasteiger charge is -2.24. The molecule has 1 heterocycles. The molecule has 0 fully saturated rings. The normalized spacial score (nSPS) is 18.9. The van der Waals surface area contributed by atoms with Gasteiger partial charge in [0.1, 0.15) is 0 Å². The van der Waals surface area contributed by atoms with E-state index in [2.05, 4.69) is 60.7 Å². The first-order valence-corrected chi connectivity index (χ1v) is 7.05. The van der Waals surface area contributed by atoms with Crippen LogP contribution >= 0.6 is 0 Å². The van der Waals surface area contributed by atoms with Gasteiger partial charge in [0.15, 0.2) is 0 Å². The third kappa shape index (κ3) is 2.93. The molecule has 0 unspecified atom stereocenters. The molecule has 0 amide bonds. The largest absolute Gasteiger partial charge is 0.293 e. The molecular formula is C18H19N. The molecule has 0 aromatic heterocycles. The van der Waals surface area contributed by atoms with Crippen molar-refractivity contribution in [1.29, 1.82) is 0 Å². The van der Waals surface area contributed by atoms with Crippen LogP contribution in [-0.2, 0) is 6.42 Å². The molecule has 0 spiro atoms. The highest BCUT2D eigenvalue weighted by atomic mass is 14.8. The van der Waals surface area contributed by atoms with Gasteiger partial charge in [-0.15, -0.1) is 0 Å². The van der Waals surface area contributed by atoms with Gasteiger partial charge in [0.25, 0.3) is 0 Å². The molecule has 1 heteroatoms. The number of benzene rings is 2. The molecule has 1 nitrogen and oxygen atoms in total. The molecule has 0 saturated carbocycles. The van der Waals surface area contributed by atoms with Gasteiger partial charge in [-0.05, 0) is 24.0 Å². The summed E-state index contributed by atoms with van der Waals surface area (Å²) in [5, 5.41) is 0. The summed E-state index contributed by atoms with van der Waals surface area (Å²) < 4.78 is 0. The van der Waals surface area contributed by atoms with Crippen molar-refractivity contribution in [3.05, 3.63) is 71.8 Å². The second-order valence-electron chi connectivity index (χ2n) is 5.14. The van der Waals surface area contributed by atoms with Gasteiger partial charge in [-0.1, -0.05) is 60.7 Å². The van der Waals surface area contributed by atoms with E-state index in [0.717, 1.165) is 13.0 Å². The highest BCUT2D eigenvalue weighted by Gasteiger charge is 2.20. The highest BCUT2D eigenvalue weighted by molar-refractivity contribution is 5.93. The summed E-state index contributed by atoms with van der Waals surface area (Å²) in [4.78, 5) is 4.80. The van der Waals surface area contributed by atoms with Crippen molar-refractivity contribution < 1.29 is 0 Å². The van der Waals surface area contributed by atoms with Crippen LogP contribution < -0.4 is 0 Å². The Morgan fingerprint density at radius 2 is 1.58 bits per heavy atom. The summed E-state index contributed by atoms with van der Waals surface area (Å²) >= 11 is 0. The maximum Gasteiger partial charge on any atom is 0.0389 e. The minimum absolute atomic E-state index is 0.509. The summed E-state index contributed by atoms with van der Waals surface area (Å²) in [5.74, 6) is 0.509. The Hall–Kier alpha value is -1.89. The minimum atomic E-state index is 0.509. The number of hydrogen-bond donors (Lipinski definition) is 0. The molecule has 0 radical (unpaired) electrons. The first-order chi connectivity index (χ1) is 9.43. The van der Waals surface area contributed by atoms with Gasteiger partial charge < -0.3 is 0 Å². The highest BCUT2D eigenvalue weighted by Crippen LogP contribution is 2.28. The van der Waals surface area contributed by atoms with Crippen LogP contribution in [0.4, 0.5) is 0 Å². The van der Waals surface area contributed by atoms with E-state index in [0.29, 0.717) is 5.92 Å². The number of hydrogen-bond acceptors (Lipinski definition) is 1. The van der Waals surface area contributed by atoms with E-state index < -0.39 is 0 Å². The lowest BCUT2D eigenvalue weighted by Crippen LogP contribution is -2.20. The van der Waals surface area contributed by atoms with Crippen molar-refractivity contribution in [3.8, 4) is 0 Å². The van der Waals surface area contributed by atoms with E-state index in [1.165, 1.54) is 29.7 Å². The van der Waals surface area contributed by atoms with E-state index in [-0.39, 0.29) is 0 Å². The molecule has 1 atom stereocenters. The molecule has 3 rings (SSSR count). The van der Waals surface area contributed by atoms with Crippen molar-refractivity contribution in [3.63, 3.8) is 0 Å². The topological polar surface area (TPSA) is 12.4 Å². The van der Waals surface area contributed by atoms with Crippen LogP contribution in [0.2, 0.25) is 0 Å². The molecule has 0 N–H and O–H groups in total. The van der Waals surface area contributed by atoms with Crippen LogP contribution in [0.3, 0.4) is 0 Å². The predicted molar refractivity (Wildman–Crippen MR) is 80.9 cm³/mol. The van der Waals surface area contributed by atoms with Crippen LogP contribution in [0.5, 0.6) is 0 Å². The standard InChI is InChI=1S/C18H19N/c1-3-8-15(9-4-1)14-18-17(12-7-13-19-18)16-10-5-2-6-11-16/h1-6,8-11,17H,7,12-14H2/t17-/m0/s1. The maximum atomic E-state index is 4.80. The fourth-order valence-corrected chi connectivity index (χ4v) is 2.82. The Morgan fingerprint density at radius 1 is 0.895 bits per heavy atom. The average Bonchev–Trinajstić information content (AvgIpc) is 2.50. The second kappa shape index (κ2) is 5.83. The Balaban J connectivity index is 1.84. The summed E-state index contributed by atoms with van der Waals surface area (Å²) in [6.07, 6.45) is 3.42. The molecule has 0 saturated heterocycles. The smallest absolute Gasteiger partial charge is 0.0389 e. The van der Waals surface area contributed by atoms with Crippen LogP contribution in [0.1, 0.15) is 29.9 Å². The summed E-state index contributed by atoms with van der Waals surface area (Å²) in [7, 11) is 0. The SMILES string of the molecule is c1ccc(CC2=NCCC[C@H]2c2ccccc2)cc1. The Labute approximate surface area is 115 Å². The third-order valence-corrected chi connectivity index (χ3v) is 3.80. The van der Waals surface area contributed by atoms with Gasteiger partial charge in [-0.25, -0.2) is 0 Å². The van der Waals surface area contributed by atoms with Crippen LogP contribution in [0.15, 0.2) is 65.7 Å². The Kier molecular flexibility index (Phi) is 3.73. The third-order valence-electron chi connectivity index (χ3n) is 3.80. The number of nitrogens with zero attached hydrogens (tertiary/aromatic N) is 1. The molecule has 0 aliphatic carbocycles. The zero-order valence-electron chi connectivity index (χ0n) is 11.1. The average molecular weight is 249 g/mol. The van der Waals surface area contributed by atoms with Gasteiger partial charge in [0.2, 0.25) is 0 Å². The second-order valence-corrected chi connectivity index (χ2v) is 5.14. The van der Waals surface area contributed by atoms with Crippen LogP contribution in [0, 0.1) is 0 Å². The lowest BCUT2D eigenvalue weighted by atomic mass is 9.85. The summed E-state index contributed by atoms with van der Waals surface area (Å²) in [6, 6.07) is 21.5. The zero-order chi connectivity index (χ0) is 12.9. The molecule has 2 aromatic carbocycles. The summed E-state index contributed by atoms with van der Waals surface area (Å²) in [6.45, 7) is 0.992. The van der Waals surface area contributed by atoms with Crippen LogP contribution in [-0.4, -0.2) is 12.3 Å². The lowest BCUT2D eigenvalue weighted by molar-refractivity contribution is 0.664. The van der Waals surface area contributed by atoms with Gasteiger partial charge >= 0.3 is 0 Å². The van der Waals surface area contributed by atoms with Crippen LogP contribution in [0.25, 0.3) is 0 Å². The van der Waals surface area contributed by atoms with Gasteiger partial charge in [-0.3, -0.25) is 4.99 Å². The molecule has 96 valence electrons. The predicted octanol–water partition coefficient (Wildman–Crippen LogP) is 4.25. The molecule has 1 aliphatic rings. The van der Waals surface area contributed by atoms with E-state index >= 15 is 0 Å². The number of rotatable bonds is 3. The monoisotopic (exact) mass is 249 g/mol. The molecule has 1 aliphatic heterocycles. The van der Waals surface area contributed by atoms with Gasteiger partial charge in [0.05, 0.1) is 0 Å². The fourth-order valence-electron chi connectivity index (χ4n) is 2.82. The first-order valence-electron chi connectivity index (χ1n) is 7.05. The maximum absolute atomic E-state index is 4.80. The van der Waals surface area contributed by atoms with E-state index in [1.54, 1.807) is 0 Å². The van der Waals surface area contributed by atoms with Gasteiger partial charge in [-0.2, -0.15) is 0 Å². The molecule has 2 aromatic rings. The first kappa shape index (κ1) is 12.2. The zero-order valence-corrected chi connectivity index (χ0v) is 11.1. The minimum Gasteiger partial charge on any atom is -0.293 e. The molecule has 0 bridgehead atoms. The Bertz CT molecular complexity index is 542.